The first-order chi connectivity index (χ1) is 13.4. The van der Waals surface area contributed by atoms with Crippen molar-refractivity contribution in [1.82, 2.24) is 9.78 Å². The van der Waals surface area contributed by atoms with Crippen LogP contribution in [0.2, 0.25) is 0 Å². The number of aromatic nitrogens is 2. The van der Waals surface area contributed by atoms with Gasteiger partial charge in [-0.3, -0.25) is 9.58 Å². The number of methoxy groups -OCH3 is 2. The number of aryl methyl sites for hydroxylation is 1. The minimum Gasteiger partial charge on any atom is -0.493 e. The van der Waals surface area contributed by atoms with E-state index >= 15 is 0 Å². The second-order valence-electron chi connectivity index (χ2n) is 6.16. The van der Waals surface area contributed by atoms with Crippen molar-refractivity contribution in [3.05, 3.63) is 58.7 Å². The Morgan fingerprint density at radius 2 is 1.93 bits per heavy atom. The molecule has 7 nitrogen and oxygen atoms in total. The molecule has 3 rings (SSSR count). The lowest BCUT2D eigenvalue weighted by molar-refractivity contribution is 0.253. The van der Waals surface area contributed by atoms with Crippen LogP contribution in [0, 0.1) is 0 Å². The van der Waals surface area contributed by atoms with Crippen molar-refractivity contribution in [1.29, 1.82) is 0 Å². The summed E-state index contributed by atoms with van der Waals surface area (Å²) in [5.74, 6) is 1.22. The smallest absolute Gasteiger partial charge is 0.319 e. The molecule has 0 unspecified atom stereocenters. The summed E-state index contributed by atoms with van der Waals surface area (Å²) in [5, 5.41) is 4.46. The van der Waals surface area contributed by atoms with E-state index in [0.29, 0.717) is 23.7 Å². The summed E-state index contributed by atoms with van der Waals surface area (Å²) >= 11 is 3.51. The molecule has 0 saturated carbocycles. The molecule has 0 radical (unpaired) electrons. The molecule has 0 atom stereocenters. The molecule has 2 amide bonds. The number of carbonyl (C=O) groups is 1. The monoisotopic (exact) mass is 444 g/mol. The third kappa shape index (κ3) is 4.12. The number of anilines is 1. The number of carbonyl (C=O) groups excluding carboxylic acids is 1. The van der Waals surface area contributed by atoms with Crippen LogP contribution < -0.4 is 20.1 Å². The number of nitrogens with two attached hydrogens (primary N) is 1. The third-order valence-corrected chi connectivity index (χ3v) is 4.85. The highest BCUT2D eigenvalue weighted by atomic mass is 79.9. The number of halogens is 1. The van der Waals surface area contributed by atoms with Gasteiger partial charge in [-0.15, -0.1) is 0 Å². The van der Waals surface area contributed by atoms with Crippen molar-refractivity contribution in [2.24, 2.45) is 12.8 Å². The van der Waals surface area contributed by atoms with Gasteiger partial charge in [-0.1, -0.05) is 18.2 Å². The van der Waals surface area contributed by atoms with Crippen molar-refractivity contribution in [3.63, 3.8) is 0 Å². The molecule has 146 valence electrons. The van der Waals surface area contributed by atoms with Gasteiger partial charge in [0.05, 0.1) is 25.2 Å². The maximum atomic E-state index is 12.2. The molecule has 8 heteroatoms. The summed E-state index contributed by atoms with van der Waals surface area (Å²) in [5.41, 5.74) is 8.88. The Labute approximate surface area is 171 Å². The Morgan fingerprint density at radius 3 is 2.54 bits per heavy atom. The number of nitrogens with zero attached hydrogens (tertiary/aromatic N) is 3. The number of rotatable bonds is 6. The van der Waals surface area contributed by atoms with E-state index in [1.807, 2.05) is 49.6 Å². The number of ether oxygens (including phenoxy) is 2. The first-order valence-electron chi connectivity index (χ1n) is 8.50. The predicted molar refractivity (Wildman–Crippen MR) is 112 cm³/mol. The molecule has 0 saturated heterocycles. The fraction of sp³-hybridized carbons (Fsp3) is 0.200. The fourth-order valence-corrected chi connectivity index (χ4v) is 3.54. The summed E-state index contributed by atoms with van der Waals surface area (Å²) in [4.78, 5) is 13.7. The lowest BCUT2D eigenvalue weighted by Crippen LogP contribution is -2.35. The highest BCUT2D eigenvalue weighted by Gasteiger charge is 2.17. The van der Waals surface area contributed by atoms with Crippen LogP contribution in [0.5, 0.6) is 11.5 Å². The number of hydrogen-bond acceptors (Lipinski definition) is 4. The highest BCUT2D eigenvalue weighted by Crippen LogP contribution is 2.31. The van der Waals surface area contributed by atoms with E-state index in [-0.39, 0.29) is 0 Å². The maximum absolute atomic E-state index is 12.2. The topological polar surface area (TPSA) is 82.6 Å². The number of primary amides is 1. The van der Waals surface area contributed by atoms with Crippen molar-refractivity contribution in [3.8, 4) is 22.8 Å². The van der Waals surface area contributed by atoms with Crippen LogP contribution in [0.25, 0.3) is 11.3 Å². The number of hydrogen-bond donors (Lipinski definition) is 1. The van der Waals surface area contributed by atoms with Crippen LogP contribution in [0.15, 0.2) is 53.1 Å². The molecule has 1 heterocycles. The van der Waals surface area contributed by atoms with Gasteiger partial charge in [0, 0.05) is 24.5 Å². The van der Waals surface area contributed by atoms with E-state index in [0.717, 1.165) is 21.3 Å². The summed E-state index contributed by atoms with van der Waals surface area (Å²) in [6.07, 6.45) is 1.87. The van der Waals surface area contributed by atoms with Gasteiger partial charge in [0.2, 0.25) is 0 Å². The van der Waals surface area contributed by atoms with Gasteiger partial charge >= 0.3 is 6.03 Å². The largest absolute Gasteiger partial charge is 0.493 e. The molecular formula is C20H21BrN4O3. The minimum absolute atomic E-state index is 0.294. The Kier molecular flexibility index (Phi) is 5.89. The Bertz CT molecular complexity index is 1000. The van der Waals surface area contributed by atoms with E-state index in [9.17, 15) is 4.79 Å². The normalized spacial score (nSPS) is 10.6. The summed E-state index contributed by atoms with van der Waals surface area (Å²) in [6.45, 7) is 0.294. The van der Waals surface area contributed by atoms with Crippen molar-refractivity contribution in [2.45, 2.75) is 6.54 Å². The van der Waals surface area contributed by atoms with Crippen LogP contribution in [0.1, 0.15) is 5.56 Å². The molecule has 1 aromatic heterocycles. The molecule has 0 aliphatic rings. The average molecular weight is 445 g/mol. The minimum atomic E-state index is -0.549. The first kappa shape index (κ1) is 19.8. The number of benzene rings is 2. The van der Waals surface area contributed by atoms with Crippen LogP contribution >= 0.6 is 15.9 Å². The van der Waals surface area contributed by atoms with Gasteiger partial charge in [0.1, 0.15) is 5.69 Å². The molecule has 3 aromatic rings. The van der Waals surface area contributed by atoms with Crippen molar-refractivity contribution in [2.75, 3.05) is 19.1 Å². The van der Waals surface area contributed by atoms with E-state index in [1.54, 1.807) is 25.0 Å². The molecule has 0 bridgehead atoms. The average Bonchev–Trinajstić information content (AvgIpc) is 3.03. The fourth-order valence-electron chi connectivity index (χ4n) is 2.93. The van der Waals surface area contributed by atoms with E-state index in [4.69, 9.17) is 15.2 Å². The molecule has 0 aliphatic heterocycles. The van der Waals surface area contributed by atoms with Crippen LogP contribution in [-0.2, 0) is 13.6 Å². The predicted octanol–water partition coefficient (Wildman–Crippen LogP) is 3.95. The number of amides is 2. The van der Waals surface area contributed by atoms with Gasteiger partial charge in [0.25, 0.3) is 0 Å². The van der Waals surface area contributed by atoms with E-state index in [1.165, 1.54) is 4.90 Å². The molecule has 0 spiro atoms. The lowest BCUT2D eigenvalue weighted by atomic mass is 10.1. The molecule has 28 heavy (non-hydrogen) atoms. The molecular weight excluding hydrogens is 424 g/mol. The number of urea groups is 1. The van der Waals surface area contributed by atoms with Gasteiger partial charge in [-0.05, 0) is 45.8 Å². The Balaban J connectivity index is 1.94. The quantitative estimate of drug-likeness (QED) is 0.623. The van der Waals surface area contributed by atoms with Gasteiger partial charge in [-0.2, -0.15) is 5.10 Å². The molecule has 2 N–H and O–H groups in total. The zero-order valence-electron chi connectivity index (χ0n) is 15.8. The van der Waals surface area contributed by atoms with E-state index < -0.39 is 6.03 Å². The molecule has 2 aromatic carbocycles. The highest BCUT2D eigenvalue weighted by molar-refractivity contribution is 9.10. The standard InChI is InChI=1S/C20H21BrN4O3/c1-24-12-16(21)19(23-24)14-5-4-6-15(10-14)25(20(22)26)11-13-7-8-17(27-2)18(9-13)28-3/h4-10,12H,11H2,1-3H3,(H2,22,26). The second kappa shape index (κ2) is 8.35. The summed E-state index contributed by atoms with van der Waals surface area (Å²) < 4.78 is 13.2. The van der Waals surface area contributed by atoms with Gasteiger partial charge in [0.15, 0.2) is 11.5 Å². The van der Waals surface area contributed by atoms with Gasteiger partial charge < -0.3 is 15.2 Å². The summed E-state index contributed by atoms with van der Waals surface area (Å²) in [7, 11) is 5.00. The van der Waals surface area contributed by atoms with Crippen molar-refractivity contribution >= 4 is 27.6 Å². The van der Waals surface area contributed by atoms with Crippen LogP contribution in [0.4, 0.5) is 10.5 Å². The lowest BCUT2D eigenvalue weighted by Gasteiger charge is -2.22. The Morgan fingerprint density at radius 1 is 1.18 bits per heavy atom. The first-order valence-corrected chi connectivity index (χ1v) is 9.29. The second-order valence-corrected chi connectivity index (χ2v) is 7.02. The van der Waals surface area contributed by atoms with Crippen LogP contribution in [-0.4, -0.2) is 30.0 Å². The zero-order chi connectivity index (χ0) is 20.3. The maximum Gasteiger partial charge on any atom is 0.319 e. The molecule has 0 aliphatic carbocycles. The molecule has 0 fully saturated rings. The van der Waals surface area contributed by atoms with Crippen molar-refractivity contribution < 1.29 is 14.3 Å². The Hall–Kier alpha value is -3.00. The van der Waals surface area contributed by atoms with Gasteiger partial charge in [-0.25, -0.2) is 4.79 Å². The van der Waals surface area contributed by atoms with Crippen LogP contribution in [0.3, 0.4) is 0 Å². The SMILES string of the molecule is COc1ccc(CN(C(N)=O)c2cccc(-c3nn(C)cc3Br)c2)cc1OC. The third-order valence-electron chi connectivity index (χ3n) is 4.27. The van der Waals surface area contributed by atoms with E-state index in [2.05, 4.69) is 21.0 Å². The zero-order valence-corrected chi connectivity index (χ0v) is 17.4. The summed E-state index contributed by atoms with van der Waals surface area (Å²) in [6, 6.07) is 12.5.